The van der Waals surface area contributed by atoms with Crippen molar-refractivity contribution in [3.63, 3.8) is 0 Å². The highest BCUT2D eigenvalue weighted by Crippen LogP contribution is 2.38. The number of hydrogen-bond acceptors (Lipinski definition) is 7. The monoisotopic (exact) mass is 568 g/mol. The Labute approximate surface area is 244 Å². The minimum atomic E-state index is -2.04. The molecule has 4 aromatic rings. The van der Waals surface area contributed by atoms with E-state index in [1.54, 1.807) is 47.9 Å². The Kier molecular flexibility index (Phi) is 8.24. The number of carbonyl (C=O) groups is 2. The maximum absolute atomic E-state index is 14.2. The van der Waals surface area contributed by atoms with Gasteiger partial charge >= 0.3 is 5.97 Å². The van der Waals surface area contributed by atoms with E-state index >= 15 is 0 Å². The summed E-state index contributed by atoms with van der Waals surface area (Å²) in [5.41, 5.74) is 2.07. The molecular formula is C33H36N4O5. The number of esters is 1. The molecule has 0 spiro atoms. The zero-order valence-corrected chi connectivity index (χ0v) is 24.4. The molecule has 9 heteroatoms. The first-order chi connectivity index (χ1) is 20.2. The van der Waals surface area contributed by atoms with Gasteiger partial charge in [-0.25, -0.2) is 9.78 Å². The normalized spacial score (nSPS) is 13.5. The number of rotatable bonds is 10. The third kappa shape index (κ3) is 5.21. The molecule has 0 unspecified atom stereocenters. The van der Waals surface area contributed by atoms with Crippen LogP contribution in [0.3, 0.4) is 0 Å². The number of aromatic nitrogens is 2. The van der Waals surface area contributed by atoms with Gasteiger partial charge in [-0.1, -0.05) is 50.2 Å². The number of benzene rings is 2. The lowest BCUT2D eigenvalue weighted by Crippen LogP contribution is -2.47. The van der Waals surface area contributed by atoms with Crippen molar-refractivity contribution in [3.05, 3.63) is 98.8 Å². The van der Waals surface area contributed by atoms with Crippen LogP contribution in [-0.2, 0) is 34.7 Å². The molecular weight excluding hydrogens is 532 g/mol. The van der Waals surface area contributed by atoms with Gasteiger partial charge < -0.3 is 24.6 Å². The Hall–Kier alpha value is -4.34. The number of amides is 1. The smallest absolute Gasteiger partial charge is 0.338 e. The first-order valence-electron chi connectivity index (χ1n) is 14.2. The van der Waals surface area contributed by atoms with Crippen LogP contribution in [0.4, 0.5) is 0 Å². The topological polar surface area (TPSA) is 114 Å². The number of hydrogen-bond donors (Lipinski definition) is 2. The molecule has 1 amide bonds. The third-order valence-electron chi connectivity index (χ3n) is 7.96. The number of ether oxygens (including phenoxy) is 1. The molecule has 1 aliphatic heterocycles. The van der Waals surface area contributed by atoms with Crippen molar-refractivity contribution >= 4 is 22.8 Å². The van der Waals surface area contributed by atoms with E-state index in [9.17, 15) is 19.5 Å². The molecule has 0 fully saturated rings. The average Bonchev–Trinajstić information content (AvgIpc) is 3.37. The van der Waals surface area contributed by atoms with Gasteiger partial charge in [0, 0.05) is 29.6 Å². The molecule has 218 valence electrons. The highest BCUT2D eigenvalue weighted by molar-refractivity contribution is 5.90. The summed E-state index contributed by atoms with van der Waals surface area (Å²) in [7, 11) is 3.77. The van der Waals surface area contributed by atoms with E-state index in [0.29, 0.717) is 36.6 Å². The molecule has 42 heavy (non-hydrogen) atoms. The quantitative estimate of drug-likeness (QED) is 0.248. The predicted molar refractivity (Wildman–Crippen MR) is 161 cm³/mol. The average molecular weight is 569 g/mol. The Bertz CT molecular complexity index is 1710. The number of likely N-dealkylation sites (N-methyl/N-ethyl adjacent to an activating group) is 1. The van der Waals surface area contributed by atoms with Crippen LogP contribution in [0.25, 0.3) is 22.3 Å². The van der Waals surface area contributed by atoms with Crippen LogP contribution in [0.15, 0.2) is 65.5 Å². The highest BCUT2D eigenvalue weighted by Gasteiger charge is 2.41. The molecule has 2 aromatic carbocycles. The first-order valence-corrected chi connectivity index (χ1v) is 14.2. The highest BCUT2D eigenvalue weighted by atomic mass is 16.5. The van der Waals surface area contributed by atoms with Gasteiger partial charge in [-0.3, -0.25) is 9.59 Å². The number of aryl methyl sites for hydroxylation is 1. The van der Waals surface area contributed by atoms with Crippen LogP contribution in [0.1, 0.15) is 52.9 Å². The van der Waals surface area contributed by atoms with E-state index in [0.717, 1.165) is 28.5 Å². The molecule has 5 rings (SSSR count). The summed E-state index contributed by atoms with van der Waals surface area (Å²) in [6.45, 7) is 4.54. The van der Waals surface area contributed by atoms with E-state index in [1.165, 1.54) is 0 Å². The number of fused-ring (bicyclic) bond motifs is 4. The van der Waals surface area contributed by atoms with Gasteiger partial charge in [0.1, 0.15) is 6.61 Å². The third-order valence-corrected chi connectivity index (χ3v) is 7.96. The molecule has 0 aliphatic carbocycles. The molecule has 2 aromatic heterocycles. The Morgan fingerprint density at radius 3 is 2.48 bits per heavy atom. The van der Waals surface area contributed by atoms with Gasteiger partial charge in [0.05, 0.1) is 34.6 Å². The molecule has 1 aliphatic rings. The zero-order valence-electron chi connectivity index (χ0n) is 24.4. The van der Waals surface area contributed by atoms with Crippen molar-refractivity contribution in [1.29, 1.82) is 0 Å². The van der Waals surface area contributed by atoms with Crippen molar-refractivity contribution in [2.75, 3.05) is 27.2 Å². The van der Waals surface area contributed by atoms with E-state index < -0.39 is 29.6 Å². The second-order valence-electron chi connectivity index (χ2n) is 10.8. The summed E-state index contributed by atoms with van der Waals surface area (Å²) < 4.78 is 7.20. The van der Waals surface area contributed by atoms with Gasteiger partial charge in [-0.2, -0.15) is 0 Å². The molecule has 0 bridgehead atoms. The molecule has 0 saturated heterocycles. The van der Waals surface area contributed by atoms with Gasteiger partial charge in [0.25, 0.3) is 11.5 Å². The lowest BCUT2D eigenvalue weighted by atomic mass is 9.86. The van der Waals surface area contributed by atoms with Crippen LogP contribution in [-0.4, -0.2) is 58.6 Å². The largest absolute Gasteiger partial charge is 0.457 e. The Morgan fingerprint density at radius 1 is 1.07 bits per heavy atom. The summed E-state index contributed by atoms with van der Waals surface area (Å²) in [6, 6.07) is 18.0. The van der Waals surface area contributed by atoms with E-state index in [2.05, 4.69) is 12.2 Å². The molecule has 1 atom stereocenters. The van der Waals surface area contributed by atoms with Crippen LogP contribution in [0.5, 0.6) is 0 Å². The number of nitrogens with zero attached hydrogens (tertiary/aromatic N) is 3. The molecule has 0 radical (unpaired) electrons. The summed E-state index contributed by atoms with van der Waals surface area (Å²) in [4.78, 5) is 47.4. The minimum Gasteiger partial charge on any atom is -0.457 e. The Balaban J connectivity index is 1.65. The summed E-state index contributed by atoms with van der Waals surface area (Å²) in [6.07, 6.45) is 0.747. The number of aliphatic hydroxyl groups is 1. The van der Waals surface area contributed by atoms with Crippen molar-refractivity contribution in [2.45, 2.75) is 45.4 Å². The van der Waals surface area contributed by atoms with Gasteiger partial charge in [-0.05, 0) is 56.8 Å². The zero-order chi connectivity index (χ0) is 30.0. The van der Waals surface area contributed by atoms with Crippen molar-refractivity contribution in [2.24, 2.45) is 0 Å². The maximum atomic E-state index is 14.2. The minimum absolute atomic E-state index is 0.00153. The van der Waals surface area contributed by atoms with Crippen molar-refractivity contribution in [1.82, 2.24) is 19.8 Å². The predicted octanol–water partition coefficient (Wildman–Crippen LogP) is 3.62. The number of para-hydroxylation sites is 1. The van der Waals surface area contributed by atoms with Gasteiger partial charge in [0.2, 0.25) is 0 Å². The molecule has 0 saturated carbocycles. The summed E-state index contributed by atoms with van der Waals surface area (Å²) in [5.74, 6) is -1.22. The Morgan fingerprint density at radius 2 is 1.79 bits per heavy atom. The van der Waals surface area contributed by atoms with Crippen LogP contribution in [0.2, 0.25) is 0 Å². The van der Waals surface area contributed by atoms with Gasteiger partial charge in [-0.15, -0.1) is 0 Å². The SMILES string of the molecule is CCc1c2c(nc3ccccc13)-c1cc([C@@](O)(CC)C(=O)NCCN(C)C)c(COC(=O)c3ccccc3)c(=O)n1C2. The lowest BCUT2D eigenvalue weighted by Gasteiger charge is -2.29. The number of carbonyl (C=O) groups excluding carboxylic acids is 2. The van der Waals surface area contributed by atoms with E-state index in [-0.39, 0.29) is 17.5 Å². The number of nitrogens with one attached hydrogen (secondary N) is 1. The maximum Gasteiger partial charge on any atom is 0.338 e. The van der Waals surface area contributed by atoms with Crippen LogP contribution >= 0.6 is 0 Å². The fourth-order valence-electron chi connectivity index (χ4n) is 5.62. The molecule has 3 heterocycles. The number of pyridine rings is 2. The molecule has 9 nitrogen and oxygen atoms in total. The fourth-order valence-corrected chi connectivity index (χ4v) is 5.62. The van der Waals surface area contributed by atoms with E-state index in [1.807, 2.05) is 43.3 Å². The summed E-state index contributed by atoms with van der Waals surface area (Å²) in [5, 5.41) is 15.8. The fraction of sp³-hybridized carbons (Fsp3) is 0.333. The second kappa shape index (κ2) is 11.9. The van der Waals surface area contributed by atoms with E-state index in [4.69, 9.17) is 9.72 Å². The van der Waals surface area contributed by atoms with Crippen LogP contribution < -0.4 is 10.9 Å². The van der Waals surface area contributed by atoms with Crippen molar-refractivity contribution < 1.29 is 19.4 Å². The first kappa shape index (κ1) is 29.2. The van der Waals surface area contributed by atoms with Crippen LogP contribution in [0, 0.1) is 0 Å². The second-order valence-corrected chi connectivity index (χ2v) is 10.8. The van der Waals surface area contributed by atoms with Gasteiger partial charge in [0.15, 0.2) is 5.60 Å². The standard InChI is InChI=1S/C33H36N4O5/c1-5-22-23-14-10-11-15-27(23)35-29-24(22)19-37-28(29)18-26(33(41,6-2)32(40)34-16-17-36(3)4)25(30(37)38)20-42-31(39)21-12-8-7-9-13-21/h7-15,18,41H,5-6,16-17,19-20H2,1-4H3,(H,34,40)/t33-/m0/s1. The summed E-state index contributed by atoms with van der Waals surface area (Å²) >= 11 is 0. The molecule has 2 N–H and O–H groups in total. The lowest BCUT2D eigenvalue weighted by molar-refractivity contribution is -0.141. The van der Waals surface area contributed by atoms with Crippen molar-refractivity contribution in [3.8, 4) is 11.4 Å².